The van der Waals surface area contributed by atoms with E-state index >= 15 is 0 Å². The van der Waals surface area contributed by atoms with Crippen LogP contribution in [0.5, 0.6) is 0 Å². The molecule has 1 heterocycles. The SMILES string of the molecule is [2H]c1noc(C(F)(F)F)n1. The predicted molar refractivity (Wildman–Crippen MR) is 19.3 cm³/mol. The van der Waals surface area contributed by atoms with Gasteiger partial charge in [0.25, 0.3) is 0 Å². The van der Waals surface area contributed by atoms with E-state index in [9.17, 15) is 13.2 Å². The molecule has 0 aliphatic heterocycles. The van der Waals surface area contributed by atoms with Crippen LogP contribution in [-0.2, 0) is 6.18 Å². The van der Waals surface area contributed by atoms with E-state index in [1.807, 2.05) is 0 Å². The van der Waals surface area contributed by atoms with Gasteiger partial charge in [0, 0.05) is 0 Å². The molecule has 0 spiro atoms. The molecule has 0 aliphatic rings. The molecule has 9 heavy (non-hydrogen) atoms. The van der Waals surface area contributed by atoms with E-state index in [1.165, 1.54) is 0 Å². The summed E-state index contributed by atoms with van der Waals surface area (Å²) in [6, 6.07) is 0. The summed E-state index contributed by atoms with van der Waals surface area (Å²) in [4.78, 5) is 2.65. The second-order valence-electron chi connectivity index (χ2n) is 1.20. The second kappa shape index (κ2) is 1.71. The first kappa shape index (κ1) is 4.78. The van der Waals surface area contributed by atoms with Gasteiger partial charge in [-0.25, -0.2) is 0 Å². The van der Waals surface area contributed by atoms with E-state index in [0.717, 1.165) is 0 Å². The van der Waals surface area contributed by atoms with Crippen molar-refractivity contribution in [2.45, 2.75) is 6.18 Å². The van der Waals surface area contributed by atoms with Crippen LogP contribution in [0.2, 0.25) is 0 Å². The van der Waals surface area contributed by atoms with Gasteiger partial charge in [0.2, 0.25) is 0 Å². The highest BCUT2D eigenvalue weighted by Crippen LogP contribution is 2.26. The minimum absolute atomic E-state index is 0.771. The fourth-order valence-corrected chi connectivity index (χ4v) is 0.265. The smallest absolute Gasteiger partial charge is 0.330 e. The fraction of sp³-hybridized carbons (Fsp3) is 0.333. The van der Waals surface area contributed by atoms with Gasteiger partial charge in [0.05, 0.1) is 0 Å². The van der Waals surface area contributed by atoms with Gasteiger partial charge >= 0.3 is 12.1 Å². The summed E-state index contributed by atoms with van der Waals surface area (Å²) in [6.07, 6.45) is -5.42. The molecule has 50 valence electrons. The molecule has 1 rings (SSSR count). The molecule has 0 radical (unpaired) electrons. The van der Waals surface area contributed by atoms with Gasteiger partial charge in [-0.2, -0.15) is 18.2 Å². The van der Waals surface area contributed by atoms with Gasteiger partial charge in [-0.1, -0.05) is 5.16 Å². The first-order valence-electron chi connectivity index (χ1n) is 2.37. The Morgan fingerprint density at radius 3 is 2.56 bits per heavy atom. The van der Waals surface area contributed by atoms with Crippen LogP contribution in [0.4, 0.5) is 13.2 Å². The Morgan fingerprint density at radius 2 is 2.33 bits per heavy atom. The van der Waals surface area contributed by atoms with Crippen molar-refractivity contribution in [1.82, 2.24) is 10.1 Å². The molecule has 0 aromatic carbocycles. The van der Waals surface area contributed by atoms with Crippen molar-refractivity contribution in [3.8, 4) is 0 Å². The average Bonchev–Trinajstić information content (AvgIpc) is 2.11. The van der Waals surface area contributed by atoms with Crippen LogP contribution in [0.25, 0.3) is 0 Å². The summed E-state index contributed by atoms with van der Waals surface area (Å²) in [7, 11) is 0. The number of rotatable bonds is 0. The molecule has 0 bridgehead atoms. The van der Waals surface area contributed by atoms with E-state index < -0.39 is 18.4 Å². The van der Waals surface area contributed by atoms with Gasteiger partial charge < -0.3 is 4.52 Å². The second-order valence-corrected chi connectivity index (χ2v) is 1.20. The summed E-state index contributed by atoms with van der Waals surface area (Å²) in [5, 5.41) is 2.64. The Labute approximate surface area is 48.9 Å². The summed E-state index contributed by atoms with van der Waals surface area (Å²) in [5.41, 5.74) is 0. The van der Waals surface area contributed by atoms with E-state index in [-0.39, 0.29) is 0 Å². The Hall–Kier alpha value is -1.07. The van der Waals surface area contributed by atoms with E-state index in [2.05, 4.69) is 14.7 Å². The Bertz CT molecular complexity index is 232. The molecule has 0 N–H and O–H groups in total. The molecule has 0 saturated heterocycles. The molecule has 0 fully saturated rings. The van der Waals surface area contributed by atoms with Crippen LogP contribution < -0.4 is 0 Å². The highest BCUT2D eigenvalue weighted by atomic mass is 19.4. The van der Waals surface area contributed by atoms with Crippen molar-refractivity contribution < 1.29 is 19.1 Å². The molecule has 0 aliphatic carbocycles. The molecule has 0 amide bonds. The normalized spacial score (nSPS) is 13.4. The zero-order chi connectivity index (χ0) is 7.78. The lowest BCUT2D eigenvalue weighted by atomic mass is 10.7. The van der Waals surface area contributed by atoms with Crippen LogP contribution >= 0.6 is 0 Å². The van der Waals surface area contributed by atoms with Crippen LogP contribution in [0.15, 0.2) is 10.8 Å². The van der Waals surface area contributed by atoms with Crippen LogP contribution in [0.3, 0.4) is 0 Å². The van der Waals surface area contributed by atoms with E-state index in [0.29, 0.717) is 0 Å². The molecule has 1 aromatic heterocycles. The molecule has 0 atom stereocenters. The zero-order valence-corrected chi connectivity index (χ0v) is 3.94. The third-order valence-corrected chi connectivity index (χ3v) is 0.567. The monoisotopic (exact) mass is 139 g/mol. The lowest BCUT2D eigenvalue weighted by molar-refractivity contribution is -0.159. The lowest BCUT2D eigenvalue weighted by Gasteiger charge is -1.95. The molecular weight excluding hydrogens is 137 g/mol. The van der Waals surface area contributed by atoms with Crippen LogP contribution in [0, 0.1) is 0 Å². The molecule has 1 aromatic rings. The number of nitrogens with zero attached hydrogens (tertiary/aromatic N) is 2. The third-order valence-electron chi connectivity index (χ3n) is 0.567. The summed E-state index contributed by atoms with van der Waals surface area (Å²) >= 11 is 0. The van der Waals surface area contributed by atoms with E-state index in [1.54, 1.807) is 0 Å². The number of halogens is 3. The minimum atomic E-state index is -4.65. The Kier molecular flexibility index (Phi) is 0.909. The Morgan fingerprint density at radius 1 is 1.67 bits per heavy atom. The first-order chi connectivity index (χ1) is 4.50. The summed E-state index contributed by atoms with van der Waals surface area (Å²) < 4.78 is 44.7. The quantitative estimate of drug-likeness (QED) is 0.540. The average molecular weight is 139 g/mol. The number of hydrogen-bond acceptors (Lipinski definition) is 3. The minimum Gasteiger partial charge on any atom is -0.330 e. The van der Waals surface area contributed by atoms with Gasteiger partial charge in [-0.05, 0) is 0 Å². The molecule has 6 heteroatoms. The molecular formula is C3HF3N2O. The largest absolute Gasteiger partial charge is 0.471 e. The van der Waals surface area contributed by atoms with Crippen molar-refractivity contribution in [3.63, 3.8) is 0 Å². The van der Waals surface area contributed by atoms with Crippen LogP contribution in [0.1, 0.15) is 7.26 Å². The zero-order valence-electron chi connectivity index (χ0n) is 4.94. The Balaban J connectivity index is 2.96. The summed E-state index contributed by atoms with van der Waals surface area (Å²) in [6.45, 7) is 0. The highest BCUT2D eigenvalue weighted by Gasteiger charge is 2.37. The van der Waals surface area contributed by atoms with Crippen molar-refractivity contribution in [2.24, 2.45) is 0 Å². The van der Waals surface area contributed by atoms with E-state index in [4.69, 9.17) is 1.37 Å². The standard InChI is InChI=1S/C3HF3N2O/c4-3(5,6)2-7-1-8-9-2/h1H/i1D. The predicted octanol–water partition coefficient (Wildman–Crippen LogP) is 1.09. The van der Waals surface area contributed by atoms with Crippen LogP contribution in [-0.4, -0.2) is 10.1 Å². The third kappa shape index (κ3) is 1.18. The first-order valence-corrected chi connectivity index (χ1v) is 1.87. The number of aromatic nitrogens is 2. The number of alkyl halides is 3. The van der Waals surface area contributed by atoms with Gasteiger partial charge in [0.15, 0.2) is 6.30 Å². The van der Waals surface area contributed by atoms with Crippen molar-refractivity contribution >= 4 is 0 Å². The highest BCUT2D eigenvalue weighted by molar-refractivity contribution is 4.79. The van der Waals surface area contributed by atoms with Crippen molar-refractivity contribution in [3.05, 3.63) is 12.2 Å². The van der Waals surface area contributed by atoms with Crippen molar-refractivity contribution in [2.75, 3.05) is 0 Å². The lowest BCUT2D eigenvalue weighted by Crippen LogP contribution is -2.04. The number of hydrogen-bond donors (Lipinski definition) is 0. The molecule has 3 nitrogen and oxygen atoms in total. The van der Waals surface area contributed by atoms with Gasteiger partial charge in [-0.15, -0.1) is 0 Å². The van der Waals surface area contributed by atoms with Gasteiger partial charge in [-0.3, -0.25) is 0 Å². The maximum absolute atomic E-state index is 11.5. The molecule has 0 unspecified atom stereocenters. The molecule has 0 saturated carbocycles. The fourth-order valence-electron chi connectivity index (χ4n) is 0.265. The summed E-state index contributed by atoms with van der Waals surface area (Å²) in [5.74, 6) is -1.49. The van der Waals surface area contributed by atoms with Gasteiger partial charge in [0.1, 0.15) is 1.37 Å². The maximum Gasteiger partial charge on any atom is 0.471 e. The van der Waals surface area contributed by atoms with Crippen molar-refractivity contribution in [1.29, 1.82) is 0 Å². The maximum atomic E-state index is 11.5. The topological polar surface area (TPSA) is 38.9 Å².